The summed E-state index contributed by atoms with van der Waals surface area (Å²) in [5.74, 6) is 0.809. The number of benzene rings is 1. The summed E-state index contributed by atoms with van der Waals surface area (Å²) in [6.45, 7) is 3.09. The standard InChI is InChI=1S/C15H15BrClFN2O/c1-2-5-19-15-4-3-13(17)14(20-15)9-21-12-7-10(16)6-11(18)8-12/h3-4,6-8H,2,5,9H2,1H3,(H,19,20). The van der Waals surface area contributed by atoms with Crippen LogP contribution in [-0.4, -0.2) is 11.5 Å². The van der Waals surface area contributed by atoms with E-state index in [9.17, 15) is 4.39 Å². The van der Waals surface area contributed by atoms with Crippen molar-refractivity contribution in [2.75, 3.05) is 11.9 Å². The third-order valence-corrected chi connectivity index (χ3v) is 3.49. The molecule has 0 aliphatic rings. The zero-order valence-electron chi connectivity index (χ0n) is 11.5. The highest BCUT2D eigenvalue weighted by atomic mass is 79.9. The summed E-state index contributed by atoms with van der Waals surface area (Å²) in [5, 5.41) is 3.71. The van der Waals surface area contributed by atoms with E-state index in [4.69, 9.17) is 16.3 Å². The number of pyridine rings is 1. The van der Waals surface area contributed by atoms with Crippen molar-refractivity contribution in [2.45, 2.75) is 20.0 Å². The van der Waals surface area contributed by atoms with Crippen molar-refractivity contribution in [3.05, 3.63) is 51.3 Å². The highest BCUT2D eigenvalue weighted by Gasteiger charge is 2.06. The molecule has 21 heavy (non-hydrogen) atoms. The van der Waals surface area contributed by atoms with E-state index in [1.165, 1.54) is 12.1 Å². The number of anilines is 1. The molecular formula is C15H15BrClFN2O. The smallest absolute Gasteiger partial charge is 0.132 e. The molecule has 3 nitrogen and oxygen atoms in total. The fourth-order valence-electron chi connectivity index (χ4n) is 1.70. The molecule has 1 N–H and O–H groups in total. The Kier molecular flexibility index (Phi) is 5.82. The van der Waals surface area contributed by atoms with Gasteiger partial charge in [-0.1, -0.05) is 34.5 Å². The first-order valence-electron chi connectivity index (χ1n) is 6.56. The fraction of sp³-hybridized carbons (Fsp3) is 0.267. The summed E-state index contributed by atoms with van der Waals surface area (Å²) >= 11 is 9.33. The monoisotopic (exact) mass is 372 g/mol. The molecule has 0 unspecified atom stereocenters. The van der Waals surface area contributed by atoms with Crippen LogP contribution in [0.4, 0.5) is 10.2 Å². The van der Waals surface area contributed by atoms with Crippen molar-refractivity contribution in [3.8, 4) is 5.75 Å². The zero-order chi connectivity index (χ0) is 15.2. The predicted molar refractivity (Wildman–Crippen MR) is 86.5 cm³/mol. The lowest BCUT2D eigenvalue weighted by Crippen LogP contribution is -2.05. The molecule has 0 saturated heterocycles. The molecule has 1 aromatic carbocycles. The molecule has 0 amide bonds. The van der Waals surface area contributed by atoms with Gasteiger partial charge >= 0.3 is 0 Å². The Balaban J connectivity index is 2.08. The van der Waals surface area contributed by atoms with Crippen LogP contribution in [0.15, 0.2) is 34.8 Å². The van der Waals surface area contributed by atoms with Gasteiger partial charge in [0.2, 0.25) is 0 Å². The molecule has 1 heterocycles. The molecule has 1 aromatic heterocycles. The lowest BCUT2D eigenvalue weighted by atomic mass is 10.3. The minimum absolute atomic E-state index is 0.177. The van der Waals surface area contributed by atoms with E-state index in [0.29, 0.717) is 20.9 Å². The van der Waals surface area contributed by atoms with Gasteiger partial charge in [-0.3, -0.25) is 0 Å². The molecule has 0 aliphatic heterocycles. The van der Waals surface area contributed by atoms with E-state index in [1.54, 1.807) is 12.1 Å². The normalized spacial score (nSPS) is 10.5. The maximum absolute atomic E-state index is 13.3. The van der Waals surface area contributed by atoms with E-state index < -0.39 is 0 Å². The summed E-state index contributed by atoms with van der Waals surface area (Å²) in [4.78, 5) is 4.40. The maximum Gasteiger partial charge on any atom is 0.132 e. The van der Waals surface area contributed by atoms with E-state index >= 15 is 0 Å². The van der Waals surface area contributed by atoms with Gasteiger partial charge in [0.1, 0.15) is 24.0 Å². The highest BCUT2D eigenvalue weighted by molar-refractivity contribution is 9.10. The molecule has 6 heteroatoms. The first kappa shape index (κ1) is 16.0. The first-order chi connectivity index (χ1) is 10.1. The Morgan fingerprint density at radius 1 is 1.33 bits per heavy atom. The predicted octanol–water partition coefficient (Wildman–Crippen LogP) is 5.04. The third-order valence-electron chi connectivity index (χ3n) is 2.69. The van der Waals surface area contributed by atoms with Crippen LogP contribution in [0.1, 0.15) is 19.0 Å². The van der Waals surface area contributed by atoms with Crippen molar-refractivity contribution in [1.82, 2.24) is 4.98 Å². The van der Waals surface area contributed by atoms with E-state index in [2.05, 4.69) is 33.2 Å². The van der Waals surface area contributed by atoms with Crippen LogP contribution in [-0.2, 0) is 6.61 Å². The molecule has 0 spiro atoms. The Morgan fingerprint density at radius 2 is 2.14 bits per heavy atom. The van der Waals surface area contributed by atoms with Gasteiger partial charge < -0.3 is 10.1 Å². The number of nitrogens with zero attached hydrogens (tertiary/aromatic N) is 1. The Labute approximate surface area is 136 Å². The first-order valence-corrected chi connectivity index (χ1v) is 7.73. The second-order valence-corrected chi connectivity index (χ2v) is 5.77. The molecule has 0 bridgehead atoms. The van der Waals surface area contributed by atoms with Crippen LogP contribution in [0.25, 0.3) is 0 Å². The molecular weight excluding hydrogens is 359 g/mol. The van der Waals surface area contributed by atoms with Gasteiger partial charge in [0.15, 0.2) is 0 Å². The SMILES string of the molecule is CCCNc1ccc(Cl)c(COc2cc(F)cc(Br)c2)n1. The van der Waals surface area contributed by atoms with Crippen molar-refractivity contribution in [1.29, 1.82) is 0 Å². The zero-order valence-corrected chi connectivity index (χ0v) is 13.8. The Bertz CT molecular complexity index is 604. The molecule has 0 fully saturated rings. The van der Waals surface area contributed by atoms with Gasteiger partial charge in [-0.25, -0.2) is 9.37 Å². The molecule has 0 radical (unpaired) electrons. The Morgan fingerprint density at radius 3 is 2.86 bits per heavy atom. The second kappa shape index (κ2) is 7.61. The minimum Gasteiger partial charge on any atom is -0.487 e. The molecule has 0 saturated carbocycles. The number of hydrogen-bond acceptors (Lipinski definition) is 3. The Hall–Kier alpha value is -1.33. The molecule has 0 atom stereocenters. The van der Waals surface area contributed by atoms with Crippen LogP contribution in [0.5, 0.6) is 5.75 Å². The maximum atomic E-state index is 13.3. The number of nitrogens with one attached hydrogen (secondary N) is 1. The van der Waals surface area contributed by atoms with Crippen molar-refractivity contribution < 1.29 is 9.13 Å². The molecule has 2 rings (SSSR count). The summed E-state index contributed by atoms with van der Waals surface area (Å²) in [6.07, 6.45) is 1.01. The van der Waals surface area contributed by atoms with Gasteiger partial charge in [0, 0.05) is 17.1 Å². The van der Waals surface area contributed by atoms with Gasteiger partial charge in [-0.2, -0.15) is 0 Å². The third kappa shape index (κ3) is 4.86. The summed E-state index contributed by atoms with van der Waals surface area (Å²) in [6, 6.07) is 7.97. The van der Waals surface area contributed by atoms with Gasteiger partial charge in [0.25, 0.3) is 0 Å². The summed E-state index contributed by atoms with van der Waals surface area (Å²) in [7, 11) is 0. The van der Waals surface area contributed by atoms with E-state index in [1.807, 2.05) is 6.07 Å². The number of aromatic nitrogens is 1. The van der Waals surface area contributed by atoms with Crippen molar-refractivity contribution in [3.63, 3.8) is 0 Å². The molecule has 0 aliphatic carbocycles. The average molecular weight is 374 g/mol. The van der Waals surface area contributed by atoms with Crippen molar-refractivity contribution >= 4 is 33.3 Å². The van der Waals surface area contributed by atoms with Crippen LogP contribution in [0.3, 0.4) is 0 Å². The van der Waals surface area contributed by atoms with Crippen LogP contribution < -0.4 is 10.1 Å². The number of hydrogen-bond donors (Lipinski definition) is 1. The van der Waals surface area contributed by atoms with Crippen LogP contribution >= 0.6 is 27.5 Å². The fourth-order valence-corrected chi connectivity index (χ4v) is 2.30. The number of halogens is 3. The summed E-state index contributed by atoms with van der Waals surface area (Å²) in [5.41, 5.74) is 0.609. The van der Waals surface area contributed by atoms with Gasteiger partial charge in [-0.15, -0.1) is 0 Å². The van der Waals surface area contributed by atoms with E-state index in [0.717, 1.165) is 18.8 Å². The largest absolute Gasteiger partial charge is 0.487 e. The van der Waals surface area contributed by atoms with Crippen LogP contribution in [0, 0.1) is 5.82 Å². The lowest BCUT2D eigenvalue weighted by molar-refractivity contribution is 0.300. The number of ether oxygens (including phenoxy) is 1. The second-order valence-electron chi connectivity index (χ2n) is 4.45. The molecule has 2 aromatic rings. The van der Waals surface area contributed by atoms with Gasteiger partial charge in [-0.05, 0) is 30.7 Å². The van der Waals surface area contributed by atoms with Gasteiger partial charge in [0.05, 0.1) is 10.7 Å². The van der Waals surface area contributed by atoms with E-state index in [-0.39, 0.29) is 12.4 Å². The highest BCUT2D eigenvalue weighted by Crippen LogP contribution is 2.23. The lowest BCUT2D eigenvalue weighted by Gasteiger charge is -2.10. The summed E-state index contributed by atoms with van der Waals surface area (Å²) < 4.78 is 19.4. The van der Waals surface area contributed by atoms with Crippen molar-refractivity contribution in [2.24, 2.45) is 0 Å². The average Bonchev–Trinajstić information content (AvgIpc) is 2.44. The number of rotatable bonds is 6. The minimum atomic E-state index is -0.364. The topological polar surface area (TPSA) is 34.1 Å². The molecule has 112 valence electrons. The van der Waals surface area contributed by atoms with Crippen LogP contribution in [0.2, 0.25) is 5.02 Å². The quantitative estimate of drug-likeness (QED) is 0.770.